The van der Waals surface area contributed by atoms with Crippen molar-refractivity contribution in [1.82, 2.24) is 0 Å². The van der Waals surface area contributed by atoms with E-state index in [1.165, 1.54) is 117 Å². The molecule has 12 aromatic carbocycles. The fourth-order valence-corrected chi connectivity index (χ4v) is 16.4. The number of benzene rings is 12. The molecule has 0 N–H and O–H groups in total. The summed E-state index contributed by atoms with van der Waals surface area (Å²) in [5, 5.41) is 0. The standard InChI is InChI=1S/C80H59B2N3O3/c1-48-71-75(49(2)76-72(48)82-64-37-23-25-39-68(64)88-78-70-60(47-67(74(78)82)85(76)52-30-16-9-17-31-52)58-43-41-56(45-62(58)80(70,5)6)87-54-34-20-11-21-35-54)84(51-28-14-8-15-29-51)66-46-59-57-42-40-55(86-53-32-18-10-19-33-53)44-61(57)79(3,4)69(59)77-73(66)81(71)63-36-22-24-38-65(63)83(77)50-26-12-7-13-27-50/h7-47H,1-6H3. The van der Waals surface area contributed by atoms with Gasteiger partial charge in [-0.3, -0.25) is 0 Å². The first-order chi connectivity index (χ1) is 43.0. The van der Waals surface area contributed by atoms with Gasteiger partial charge in [0.25, 0.3) is 13.4 Å². The molecule has 0 spiro atoms. The average Bonchev–Trinajstić information content (AvgIpc) is 1.10. The fraction of sp³-hybridized carbons (Fsp3) is 0.100. The second kappa shape index (κ2) is 18.5. The average molecular weight is 1130 g/mol. The lowest BCUT2D eigenvalue weighted by atomic mass is 9.29. The molecule has 6 aliphatic rings. The molecule has 6 nitrogen and oxygen atoms in total. The summed E-state index contributed by atoms with van der Waals surface area (Å²) in [5.41, 5.74) is 29.4. The van der Waals surface area contributed by atoms with E-state index in [2.05, 4.69) is 244 Å². The SMILES string of the molecule is Cc1c2c(c(C)c3c1B1c4ccccc4N(c4ccccc4)c4c1c(cc1c4C(C)(C)c4cc(Oc5ccccc5)ccc4-1)N3c1ccccc1)N(c1ccccc1)c1cc3c(c4c1B2c1ccccc1O4)C(C)(C)c1cc(Oc2ccccc2)ccc1-3. The van der Waals surface area contributed by atoms with Gasteiger partial charge in [-0.25, -0.2) is 0 Å². The van der Waals surface area contributed by atoms with Crippen LogP contribution in [0.25, 0.3) is 22.3 Å². The van der Waals surface area contributed by atoms with Crippen molar-refractivity contribution >= 4 is 97.4 Å². The Morgan fingerprint density at radius 1 is 0.341 bits per heavy atom. The third-order valence-corrected chi connectivity index (χ3v) is 20.0. The molecule has 2 aliphatic carbocycles. The van der Waals surface area contributed by atoms with Crippen molar-refractivity contribution in [3.63, 3.8) is 0 Å². The van der Waals surface area contributed by atoms with Crippen LogP contribution >= 0.6 is 0 Å². The maximum atomic E-state index is 7.58. The van der Waals surface area contributed by atoms with E-state index >= 15 is 0 Å². The van der Waals surface area contributed by atoms with Gasteiger partial charge in [-0.2, -0.15) is 0 Å². The first-order valence-corrected chi connectivity index (χ1v) is 30.8. The quantitative estimate of drug-likeness (QED) is 0.148. The number of para-hydroxylation sites is 7. The summed E-state index contributed by atoms with van der Waals surface area (Å²) in [4.78, 5) is 7.83. The Morgan fingerprint density at radius 3 is 1.30 bits per heavy atom. The van der Waals surface area contributed by atoms with Crippen LogP contribution in [0, 0.1) is 13.8 Å². The van der Waals surface area contributed by atoms with Crippen LogP contribution in [0.15, 0.2) is 249 Å². The number of hydrogen-bond donors (Lipinski definition) is 0. The van der Waals surface area contributed by atoms with Crippen LogP contribution in [0.1, 0.15) is 61.1 Å². The molecule has 418 valence electrons. The number of nitrogens with zero attached hydrogens (tertiary/aromatic N) is 3. The molecule has 0 aromatic heterocycles. The van der Waals surface area contributed by atoms with Crippen LogP contribution < -0.4 is 61.7 Å². The van der Waals surface area contributed by atoms with E-state index < -0.39 is 10.8 Å². The molecule has 0 radical (unpaired) electrons. The minimum atomic E-state index is -0.447. The zero-order valence-electron chi connectivity index (χ0n) is 49.9. The molecular weight excluding hydrogens is 1070 g/mol. The van der Waals surface area contributed by atoms with Gasteiger partial charge in [-0.15, -0.1) is 0 Å². The monoisotopic (exact) mass is 1130 g/mol. The van der Waals surface area contributed by atoms with E-state index in [4.69, 9.17) is 14.2 Å². The molecule has 0 unspecified atom stereocenters. The lowest BCUT2D eigenvalue weighted by Gasteiger charge is -2.49. The maximum Gasteiger partial charge on any atom is 0.256 e. The highest BCUT2D eigenvalue weighted by Crippen LogP contribution is 2.61. The van der Waals surface area contributed by atoms with Crippen LogP contribution in [0.4, 0.5) is 51.2 Å². The van der Waals surface area contributed by atoms with Gasteiger partial charge in [-0.1, -0.05) is 173 Å². The van der Waals surface area contributed by atoms with Crippen LogP contribution in [0.2, 0.25) is 0 Å². The number of anilines is 9. The third-order valence-electron chi connectivity index (χ3n) is 20.0. The summed E-state index contributed by atoms with van der Waals surface area (Å²) in [5.74, 6) is 5.10. The first-order valence-electron chi connectivity index (χ1n) is 30.8. The van der Waals surface area contributed by atoms with E-state index in [0.29, 0.717) is 0 Å². The van der Waals surface area contributed by atoms with Crippen LogP contribution in [-0.4, -0.2) is 13.4 Å². The molecule has 0 saturated heterocycles. The van der Waals surface area contributed by atoms with Crippen molar-refractivity contribution in [3.05, 3.63) is 282 Å². The topological polar surface area (TPSA) is 37.4 Å². The molecule has 12 aromatic rings. The van der Waals surface area contributed by atoms with Gasteiger partial charge in [0.15, 0.2) is 0 Å². The Bertz CT molecular complexity index is 4940. The normalized spacial score (nSPS) is 14.9. The molecule has 0 atom stereocenters. The molecule has 0 fully saturated rings. The van der Waals surface area contributed by atoms with Gasteiger partial charge in [0.05, 0.1) is 0 Å². The highest BCUT2D eigenvalue weighted by Gasteiger charge is 2.54. The van der Waals surface area contributed by atoms with E-state index in [1.54, 1.807) is 0 Å². The number of rotatable bonds is 7. The molecule has 18 rings (SSSR count). The van der Waals surface area contributed by atoms with Crippen molar-refractivity contribution in [3.8, 4) is 56.8 Å². The first kappa shape index (κ1) is 50.9. The Hall–Kier alpha value is -10.4. The van der Waals surface area contributed by atoms with E-state index in [9.17, 15) is 0 Å². The Labute approximate surface area is 514 Å². The van der Waals surface area contributed by atoms with Gasteiger partial charge < -0.3 is 28.9 Å². The molecule has 4 aliphatic heterocycles. The van der Waals surface area contributed by atoms with E-state index in [0.717, 1.165) is 57.2 Å². The minimum Gasteiger partial charge on any atom is -0.458 e. The highest BCUT2D eigenvalue weighted by atomic mass is 16.5. The second-order valence-electron chi connectivity index (χ2n) is 25.5. The Morgan fingerprint density at radius 2 is 0.761 bits per heavy atom. The van der Waals surface area contributed by atoms with Gasteiger partial charge in [-0.05, 0) is 200 Å². The van der Waals surface area contributed by atoms with E-state index in [-0.39, 0.29) is 13.4 Å². The highest BCUT2D eigenvalue weighted by molar-refractivity contribution is 7.03. The molecule has 8 heteroatoms. The second-order valence-corrected chi connectivity index (χ2v) is 25.5. The summed E-state index contributed by atoms with van der Waals surface area (Å²) in [7, 11) is 0. The van der Waals surface area contributed by atoms with Crippen molar-refractivity contribution in [2.24, 2.45) is 0 Å². The summed E-state index contributed by atoms with van der Waals surface area (Å²) in [6.07, 6.45) is 0. The number of ether oxygens (including phenoxy) is 3. The predicted octanol–water partition coefficient (Wildman–Crippen LogP) is 17.0. The fourth-order valence-electron chi connectivity index (χ4n) is 16.4. The third kappa shape index (κ3) is 6.97. The minimum absolute atomic E-state index is 0.163. The molecular formula is C80H59B2N3O3. The van der Waals surface area contributed by atoms with E-state index in [1.807, 2.05) is 60.7 Å². The van der Waals surface area contributed by atoms with Crippen LogP contribution in [-0.2, 0) is 10.8 Å². The van der Waals surface area contributed by atoms with Gasteiger partial charge >= 0.3 is 0 Å². The van der Waals surface area contributed by atoms with Crippen molar-refractivity contribution < 1.29 is 14.2 Å². The van der Waals surface area contributed by atoms with Crippen LogP contribution in [0.3, 0.4) is 0 Å². The molecule has 0 saturated carbocycles. The van der Waals surface area contributed by atoms with Crippen molar-refractivity contribution in [1.29, 1.82) is 0 Å². The smallest absolute Gasteiger partial charge is 0.256 e. The van der Waals surface area contributed by atoms with Gasteiger partial charge in [0.1, 0.15) is 34.5 Å². The molecule has 0 amide bonds. The predicted molar refractivity (Wildman–Crippen MR) is 364 cm³/mol. The molecule has 4 heterocycles. The van der Waals surface area contributed by atoms with Crippen LogP contribution in [0.5, 0.6) is 34.5 Å². The Balaban J connectivity index is 0.947. The maximum absolute atomic E-state index is 7.58. The number of hydrogen-bond acceptors (Lipinski definition) is 6. The zero-order chi connectivity index (χ0) is 58.9. The lowest BCUT2D eigenvalue weighted by Crippen LogP contribution is -2.66. The summed E-state index contributed by atoms with van der Waals surface area (Å²) >= 11 is 0. The lowest BCUT2D eigenvalue weighted by molar-refractivity contribution is 0.467. The molecule has 0 bridgehead atoms. The van der Waals surface area contributed by atoms with Gasteiger partial charge in [0, 0.05) is 67.6 Å². The zero-order valence-corrected chi connectivity index (χ0v) is 49.9. The number of fused-ring (bicyclic) bond motifs is 16. The summed E-state index contributed by atoms with van der Waals surface area (Å²) in [6, 6.07) is 90.1. The van der Waals surface area contributed by atoms with Crippen molar-refractivity contribution in [2.45, 2.75) is 52.4 Å². The van der Waals surface area contributed by atoms with Crippen molar-refractivity contribution in [2.75, 3.05) is 14.7 Å². The van der Waals surface area contributed by atoms with Gasteiger partial charge in [0.2, 0.25) is 0 Å². The molecule has 88 heavy (non-hydrogen) atoms. The largest absolute Gasteiger partial charge is 0.458 e. The summed E-state index contributed by atoms with van der Waals surface area (Å²) < 4.78 is 20.8. The Kier molecular flexibility index (Phi) is 10.7. The summed E-state index contributed by atoms with van der Waals surface area (Å²) in [6.45, 7) is 14.1.